The van der Waals surface area contributed by atoms with E-state index in [0.29, 0.717) is 33.8 Å². The van der Waals surface area contributed by atoms with Crippen molar-refractivity contribution in [2.24, 2.45) is 12.2 Å². The van der Waals surface area contributed by atoms with Gasteiger partial charge in [0.05, 0.1) is 11.9 Å². The van der Waals surface area contributed by atoms with Crippen LogP contribution in [-0.4, -0.2) is 21.0 Å². The van der Waals surface area contributed by atoms with Gasteiger partial charge in [-0.1, -0.05) is 41.6 Å². The van der Waals surface area contributed by atoms with Crippen LogP contribution in [0.2, 0.25) is 0 Å². The third-order valence-electron chi connectivity index (χ3n) is 4.47. The minimum absolute atomic E-state index is 0.0140. The van der Waals surface area contributed by atoms with Crippen LogP contribution in [-0.2, 0) is 24.7 Å². The molecule has 0 amide bonds. The van der Waals surface area contributed by atoms with Crippen molar-refractivity contribution in [2.45, 2.75) is 12.8 Å². The minimum atomic E-state index is -4.38. The molecule has 1 aromatic heterocycles. The number of hydrogen-bond donors (Lipinski definition) is 0. The summed E-state index contributed by atoms with van der Waals surface area (Å²) in [5.74, 6) is -0.146. The van der Waals surface area contributed by atoms with E-state index in [9.17, 15) is 18.0 Å². The van der Waals surface area contributed by atoms with Gasteiger partial charge < -0.3 is 9.40 Å². The molecule has 0 saturated carbocycles. The van der Waals surface area contributed by atoms with Gasteiger partial charge >= 0.3 is 6.18 Å². The highest BCUT2D eigenvalue weighted by Gasteiger charge is 2.32. The highest BCUT2D eigenvalue weighted by atomic mass is 19.4. The van der Waals surface area contributed by atoms with Crippen LogP contribution in [0.4, 0.5) is 13.2 Å². The Labute approximate surface area is 158 Å². The normalized spacial score (nSPS) is 14.7. The number of aromatic nitrogens is 2. The quantitative estimate of drug-likeness (QED) is 0.502. The maximum atomic E-state index is 12.7. The standard InChI is InChI=1S/C20H14F3N3O2/c1-26-11-24-17-16(14-4-2-3-5-15(14)19(27)18(17)26)25-28-10-12-6-8-13(9-7-12)20(21,22)23/h2-9,11H,10H2,1H3/b25-16+. The topological polar surface area (TPSA) is 56.5 Å². The van der Waals surface area contributed by atoms with Crippen LogP contribution < -0.4 is 0 Å². The number of aryl methyl sites for hydroxylation is 1. The molecule has 4 rings (SSSR count). The number of halogens is 3. The van der Waals surface area contributed by atoms with Gasteiger partial charge in [0.15, 0.2) is 0 Å². The maximum absolute atomic E-state index is 12.7. The van der Waals surface area contributed by atoms with Crippen molar-refractivity contribution < 1.29 is 22.8 Å². The van der Waals surface area contributed by atoms with Crippen LogP contribution in [0.3, 0.4) is 0 Å². The molecule has 0 saturated heterocycles. The number of oxime groups is 1. The Morgan fingerprint density at radius 2 is 1.75 bits per heavy atom. The molecule has 2 aromatic carbocycles. The summed E-state index contributed by atoms with van der Waals surface area (Å²) in [6.45, 7) is -0.0140. The third kappa shape index (κ3) is 3.06. The first-order valence-electron chi connectivity index (χ1n) is 8.38. The third-order valence-corrected chi connectivity index (χ3v) is 4.47. The summed E-state index contributed by atoms with van der Waals surface area (Å²) >= 11 is 0. The molecule has 142 valence electrons. The molecule has 5 nitrogen and oxygen atoms in total. The summed E-state index contributed by atoms with van der Waals surface area (Å²) < 4.78 is 39.5. The van der Waals surface area contributed by atoms with E-state index in [1.807, 2.05) is 0 Å². The van der Waals surface area contributed by atoms with Crippen molar-refractivity contribution in [3.05, 3.63) is 88.5 Å². The van der Waals surface area contributed by atoms with Gasteiger partial charge in [-0.2, -0.15) is 13.2 Å². The van der Waals surface area contributed by atoms with Gasteiger partial charge in [-0.05, 0) is 17.7 Å². The van der Waals surface area contributed by atoms with E-state index in [0.717, 1.165) is 12.1 Å². The average Bonchev–Trinajstić information content (AvgIpc) is 3.06. The fraction of sp³-hybridized carbons (Fsp3) is 0.150. The van der Waals surface area contributed by atoms with E-state index in [1.54, 1.807) is 35.9 Å². The van der Waals surface area contributed by atoms with Crippen molar-refractivity contribution in [3.8, 4) is 0 Å². The Morgan fingerprint density at radius 3 is 2.43 bits per heavy atom. The first-order valence-corrected chi connectivity index (χ1v) is 8.38. The number of alkyl halides is 3. The summed E-state index contributed by atoms with van der Waals surface area (Å²) in [7, 11) is 1.72. The van der Waals surface area contributed by atoms with E-state index in [1.165, 1.54) is 18.5 Å². The Morgan fingerprint density at radius 1 is 1.07 bits per heavy atom. The minimum Gasteiger partial charge on any atom is -0.390 e. The highest BCUT2D eigenvalue weighted by Crippen LogP contribution is 2.29. The lowest BCUT2D eigenvalue weighted by molar-refractivity contribution is -0.137. The van der Waals surface area contributed by atoms with Crippen LogP contribution in [0.1, 0.15) is 38.4 Å². The number of nitrogens with zero attached hydrogens (tertiary/aromatic N) is 3. The lowest BCUT2D eigenvalue weighted by Gasteiger charge is -2.17. The molecule has 0 atom stereocenters. The van der Waals surface area contributed by atoms with Crippen LogP contribution in [0.5, 0.6) is 0 Å². The van der Waals surface area contributed by atoms with Crippen LogP contribution in [0, 0.1) is 0 Å². The number of imidazole rings is 1. The summed E-state index contributed by atoms with van der Waals surface area (Å²) in [4.78, 5) is 22.3. The van der Waals surface area contributed by atoms with Crippen molar-refractivity contribution >= 4 is 11.5 Å². The van der Waals surface area contributed by atoms with E-state index < -0.39 is 11.7 Å². The lowest BCUT2D eigenvalue weighted by Crippen LogP contribution is -2.23. The number of rotatable bonds is 3. The number of carbonyl (C=O) groups is 1. The van der Waals surface area contributed by atoms with Gasteiger partial charge in [-0.3, -0.25) is 4.79 Å². The summed E-state index contributed by atoms with van der Waals surface area (Å²) in [6.07, 6.45) is -2.85. The molecule has 8 heteroatoms. The number of fused-ring (bicyclic) bond motifs is 2. The van der Waals surface area contributed by atoms with Gasteiger partial charge in [-0.25, -0.2) is 4.98 Å². The van der Waals surface area contributed by atoms with E-state index in [4.69, 9.17) is 4.84 Å². The Kier molecular flexibility index (Phi) is 4.26. The van der Waals surface area contributed by atoms with Crippen molar-refractivity contribution in [3.63, 3.8) is 0 Å². The molecule has 0 unspecified atom stereocenters. The molecule has 0 aliphatic heterocycles. The van der Waals surface area contributed by atoms with Gasteiger partial charge in [0, 0.05) is 18.2 Å². The predicted octanol–water partition coefficient (Wildman–Crippen LogP) is 3.95. The Bertz CT molecular complexity index is 1080. The average molecular weight is 385 g/mol. The first-order chi connectivity index (χ1) is 13.4. The molecule has 1 heterocycles. The lowest BCUT2D eigenvalue weighted by atomic mass is 9.89. The highest BCUT2D eigenvalue weighted by molar-refractivity contribution is 6.28. The Hall–Kier alpha value is -3.42. The fourth-order valence-electron chi connectivity index (χ4n) is 3.07. The van der Waals surface area contributed by atoms with Gasteiger partial charge in [0.25, 0.3) is 0 Å². The molecule has 0 spiro atoms. The monoisotopic (exact) mass is 385 g/mol. The van der Waals surface area contributed by atoms with Crippen LogP contribution in [0.15, 0.2) is 60.0 Å². The fourth-order valence-corrected chi connectivity index (χ4v) is 3.07. The SMILES string of the molecule is Cn1cnc2c1C(=O)c1ccccc1/C2=N\OCc1ccc(C(F)(F)F)cc1. The summed E-state index contributed by atoms with van der Waals surface area (Å²) in [5.41, 5.74) is 2.16. The van der Waals surface area contributed by atoms with Crippen LogP contribution >= 0.6 is 0 Å². The van der Waals surface area contributed by atoms with Crippen molar-refractivity contribution in [2.75, 3.05) is 0 Å². The van der Waals surface area contributed by atoms with E-state index in [2.05, 4.69) is 10.1 Å². The van der Waals surface area contributed by atoms with Gasteiger partial charge in [-0.15, -0.1) is 0 Å². The largest absolute Gasteiger partial charge is 0.416 e. The molecular weight excluding hydrogens is 371 g/mol. The zero-order chi connectivity index (χ0) is 19.9. The number of hydrogen-bond acceptors (Lipinski definition) is 4. The molecule has 28 heavy (non-hydrogen) atoms. The molecule has 1 aliphatic carbocycles. The maximum Gasteiger partial charge on any atom is 0.416 e. The second kappa shape index (κ2) is 6.63. The second-order valence-electron chi connectivity index (χ2n) is 6.34. The summed E-state index contributed by atoms with van der Waals surface area (Å²) in [6, 6.07) is 11.7. The molecule has 0 radical (unpaired) electrons. The van der Waals surface area contributed by atoms with E-state index in [-0.39, 0.29) is 12.4 Å². The molecule has 0 fully saturated rings. The smallest absolute Gasteiger partial charge is 0.390 e. The van der Waals surface area contributed by atoms with Gasteiger partial charge in [0.1, 0.15) is 23.7 Å². The van der Waals surface area contributed by atoms with Gasteiger partial charge in [0.2, 0.25) is 5.78 Å². The molecule has 0 bridgehead atoms. The number of carbonyl (C=O) groups excluding carboxylic acids is 1. The molecule has 3 aromatic rings. The molecule has 1 aliphatic rings. The molecule has 0 N–H and O–H groups in total. The van der Waals surface area contributed by atoms with Crippen LogP contribution in [0.25, 0.3) is 0 Å². The second-order valence-corrected chi connectivity index (χ2v) is 6.34. The van der Waals surface area contributed by atoms with E-state index >= 15 is 0 Å². The zero-order valence-electron chi connectivity index (χ0n) is 14.7. The predicted molar refractivity (Wildman–Crippen MR) is 95.0 cm³/mol. The zero-order valence-corrected chi connectivity index (χ0v) is 14.7. The Balaban J connectivity index is 1.62. The first kappa shape index (κ1) is 18.0. The van der Waals surface area contributed by atoms with Crippen molar-refractivity contribution in [1.82, 2.24) is 9.55 Å². The summed E-state index contributed by atoms with van der Waals surface area (Å²) in [5, 5.41) is 4.15. The number of benzene rings is 2. The number of ketones is 1. The van der Waals surface area contributed by atoms with Crippen molar-refractivity contribution in [1.29, 1.82) is 0 Å². The molecular formula is C20H14F3N3O2.